The summed E-state index contributed by atoms with van der Waals surface area (Å²) in [5, 5.41) is 15.0. The molecule has 5 heteroatoms. The lowest BCUT2D eigenvalue weighted by atomic mass is 9.86. The third-order valence-corrected chi connectivity index (χ3v) is 5.33. The molecule has 22 heavy (non-hydrogen) atoms. The van der Waals surface area contributed by atoms with Crippen LogP contribution in [-0.2, 0) is 4.79 Å². The van der Waals surface area contributed by atoms with Crippen molar-refractivity contribution in [2.45, 2.75) is 38.6 Å². The first kappa shape index (κ1) is 15.0. The van der Waals surface area contributed by atoms with Gasteiger partial charge in [-0.05, 0) is 44.2 Å². The lowest BCUT2D eigenvalue weighted by Gasteiger charge is -2.26. The van der Waals surface area contributed by atoms with Gasteiger partial charge in [-0.2, -0.15) is 0 Å². The number of hydrogen-bond acceptors (Lipinski definition) is 3. The molecule has 1 aromatic heterocycles. The number of carboxylic acid groups (broad SMARTS) is 1. The van der Waals surface area contributed by atoms with Gasteiger partial charge in [-0.1, -0.05) is 12.1 Å². The van der Waals surface area contributed by atoms with E-state index in [1.807, 2.05) is 24.4 Å². The molecule has 0 unspecified atom stereocenters. The van der Waals surface area contributed by atoms with Crippen LogP contribution < -0.4 is 5.32 Å². The van der Waals surface area contributed by atoms with Gasteiger partial charge in [0.05, 0.1) is 11.5 Å². The van der Waals surface area contributed by atoms with E-state index in [1.165, 1.54) is 5.56 Å². The van der Waals surface area contributed by atoms with E-state index in [9.17, 15) is 9.59 Å². The molecule has 0 atom stereocenters. The summed E-state index contributed by atoms with van der Waals surface area (Å²) in [5.74, 6) is -1.02. The summed E-state index contributed by atoms with van der Waals surface area (Å²) in [4.78, 5) is 23.4. The van der Waals surface area contributed by atoms with Gasteiger partial charge in [-0.3, -0.25) is 9.59 Å². The average molecular weight is 317 g/mol. The van der Waals surface area contributed by atoms with E-state index in [-0.39, 0.29) is 17.9 Å². The van der Waals surface area contributed by atoms with Gasteiger partial charge in [0.25, 0.3) is 5.91 Å². The number of carbonyl (C=O) groups excluding carboxylic acids is 1. The fraction of sp³-hybridized carbons (Fsp3) is 0.412. The standard InChI is InChI=1S/C17H19NO3S/c1-10-2-7-13-14(9-22-15(13)8-10)16(19)18-12-5-3-11(4-6-12)17(20)21/h2,7-9,11-12H,3-6H2,1H3,(H,18,19)(H,20,21). The number of aliphatic carboxylic acids is 1. The number of carboxylic acids is 1. The van der Waals surface area contributed by atoms with Crippen molar-refractivity contribution in [3.63, 3.8) is 0 Å². The summed E-state index contributed by atoms with van der Waals surface area (Å²) in [6, 6.07) is 6.19. The minimum atomic E-state index is -0.719. The molecule has 0 bridgehead atoms. The third kappa shape index (κ3) is 2.99. The van der Waals surface area contributed by atoms with Crippen molar-refractivity contribution < 1.29 is 14.7 Å². The predicted octanol–water partition coefficient (Wildman–Crippen LogP) is 3.58. The van der Waals surface area contributed by atoms with Gasteiger partial charge in [-0.25, -0.2) is 0 Å². The van der Waals surface area contributed by atoms with E-state index < -0.39 is 5.97 Å². The Morgan fingerprint density at radius 3 is 2.64 bits per heavy atom. The Kier molecular flexibility index (Phi) is 4.16. The third-order valence-electron chi connectivity index (χ3n) is 4.39. The largest absolute Gasteiger partial charge is 0.481 e. The quantitative estimate of drug-likeness (QED) is 0.909. The molecule has 2 aromatic rings. The number of aryl methyl sites for hydroxylation is 1. The zero-order valence-electron chi connectivity index (χ0n) is 12.5. The second-order valence-corrected chi connectivity index (χ2v) is 6.92. The number of amides is 1. The van der Waals surface area contributed by atoms with Gasteiger partial charge in [-0.15, -0.1) is 11.3 Å². The van der Waals surface area contributed by atoms with E-state index in [2.05, 4.69) is 11.4 Å². The highest BCUT2D eigenvalue weighted by Gasteiger charge is 2.27. The topological polar surface area (TPSA) is 66.4 Å². The minimum Gasteiger partial charge on any atom is -0.481 e. The number of fused-ring (bicyclic) bond motifs is 1. The molecule has 3 rings (SSSR count). The Labute approximate surface area is 133 Å². The zero-order chi connectivity index (χ0) is 15.7. The fourth-order valence-corrected chi connectivity index (χ4v) is 4.10. The van der Waals surface area contributed by atoms with Crippen LogP contribution in [-0.4, -0.2) is 23.0 Å². The smallest absolute Gasteiger partial charge is 0.306 e. The monoisotopic (exact) mass is 317 g/mol. The van der Waals surface area contributed by atoms with Crippen LogP contribution in [0, 0.1) is 12.8 Å². The Morgan fingerprint density at radius 2 is 1.95 bits per heavy atom. The molecule has 1 saturated carbocycles. The molecule has 1 aliphatic rings. The maximum atomic E-state index is 12.5. The summed E-state index contributed by atoms with van der Waals surface area (Å²) >= 11 is 1.58. The van der Waals surface area contributed by atoms with Gasteiger partial charge < -0.3 is 10.4 Å². The van der Waals surface area contributed by atoms with Gasteiger partial charge in [0.2, 0.25) is 0 Å². The number of carbonyl (C=O) groups is 2. The van der Waals surface area contributed by atoms with Crippen LogP contribution in [0.25, 0.3) is 10.1 Å². The second kappa shape index (κ2) is 6.08. The highest BCUT2D eigenvalue weighted by atomic mass is 32.1. The van der Waals surface area contributed by atoms with Gasteiger partial charge >= 0.3 is 5.97 Å². The molecule has 0 radical (unpaired) electrons. The van der Waals surface area contributed by atoms with Gasteiger partial charge in [0.15, 0.2) is 0 Å². The van der Waals surface area contributed by atoms with Crippen molar-refractivity contribution in [3.8, 4) is 0 Å². The van der Waals surface area contributed by atoms with E-state index in [1.54, 1.807) is 11.3 Å². The summed E-state index contributed by atoms with van der Waals surface area (Å²) < 4.78 is 1.12. The summed E-state index contributed by atoms with van der Waals surface area (Å²) in [6.07, 6.45) is 2.77. The molecular formula is C17H19NO3S. The summed E-state index contributed by atoms with van der Waals surface area (Å²) in [6.45, 7) is 2.04. The normalized spacial score (nSPS) is 21.7. The van der Waals surface area contributed by atoms with E-state index in [4.69, 9.17) is 5.11 Å². The maximum Gasteiger partial charge on any atom is 0.306 e. The van der Waals surface area contributed by atoms with E-state index >= 15 is 0 Å². The lowest BCUT2D eigenvalue weighted by molar-refractivity contribution is -0.142. The summed E-state index contributed by atoms with van der Waals surface area (Å²) in [5.41, 5.74) is 1.91. The molecule has 1 aliphatic carbocycles. The van der Waals surface area contributed by atoms with Gasteiger partial charge in [0, 0.05) is 21.5 Å². The molecule has 0 spiro atoms. The molecule has 2 N–H and O–H groups in total. The lowest BCUT2D eigenvalue weighted by Crippen LogP contribution is -2.38. The van der Waals surface area contributed by atoms with E-state index in [0.29, 0.717) is 12.8 Å². The van der Waals surface area contributed by atoms with Crippen LogP contribution in [0.15, 0.2) is 23.6 Å². The Morgan fingerprint density at radius 1 is 1.23 bits per heavy atom. The van der Waals surface area contributed by atoms with Crippen molar-refractivity contribution in [2.24, 2.45) is 5.92 Å². The van der Waals surface area contributed by atoms with Crippen LogP contribution in [0.3, 0.4) is 0 Å². The van der Waals surface area contributed by atoms with Crippen LogP contribution in [0.5, 0.6) is 0 Å². The van der Waals surface area contributed by atoms with Crippen LogP contribution in [0.2, 0.25) is 0 Å². The fourth-order valence-electron chi connectivity index (χ4n) is 3.06. The second-order valence-electron chi connectivity index (χ2n) is 6.01. The number of nitrogens with one attached hydrogen (secondary N) is 1. The first-order valence-corrected chi connectivity index (χ1v) is 8.44. The molecule has 1 aromatic carbocycles. The molecule has 0 saturated heterocycles. The van der Waals surface area contributed by atoms with Crippen molar-refractivity contribution in [3.05, 3.63) is 34.7 Å². The van der Waals surface area contributed by atoms with Crippen molar-refractivity contribution in [2.75, 3.05) is 0 Å². The first-order chi connectivity index (χ1) is 10.5. The van der Waals surface area contributed by atoms with Crippen LogP contribution >= 0.6 is 11.3 Å². The van der Waals surface area contributed by atoms with Crippen LogP contribution in [0.4, 0.5) is 0 Å². The zero-order valence-corrected chi connectivity index (χ0v) is 13.3. The van der Waals surface area contributed by atoms with E-state index in [0.717, 1.165) is 28.5 Å². The molecule has 1 heterocycles. The van der Waals surface area contributed by atoms with Crippen molar-refractivity contribution >= 4 is 33.3 Å². The van der Waals surface area contributed by atoms with Crippen molar-refractivity contribution in [1.29, 1.82) is 0 Å². The van der Waals surface area contributed by atoms with Crippen LogP contribution in [0.1, 0.15) is 41.6 Å². The number of thiophene rings is 1. The SMILES string of the molecule is Cc1ccc2c(C(=O)NC3CCC(C(=O)O)CC3)csc2c1. The maximum absolute atomic E-state index is 12.5. The predicted molar refractivity (Wildman–Crippen MR) is 87.4 cm³/mol. The highest BCUT2D eigenvalue weighted by Crippen LogP contribution is 2.28. The number of rotatable bonds is 3. The number of benzene rings is 1. The Bertz CT molecular complexity index is 714. The molecule has 0 aliphatic heterocycles. The molecular weight excluding hydrogens is 298 g/mol. The molecule has 1 fully saturated rings. The molecule has 116 valence electrons. The summed E-state index contributed by atoms with van der Waals surface area (Å²) in [7, 11) is 0. The van der Waals surface area contributed by atoms with Crippen molar-refractivity contribution in [1.82, 2.24) is 5.32 Å². The Balaban J connectivity index is 1.68. The average Bonchev–Trinajstić information content (AvgIpc) is 2.90. The minimum absolute atomic E-state index is 0.0473. The molecule has 1 amide bonds. The highest BCUT2D eigenvalue weighted by molar-refractivity contribution is 7.17. The first-order valence-electron chi connectivity index (χ1n) is 7.56. The Hall–Kier alpha value is -1.88. The van der Waals surface area contributed by atoms with Gasteiger partial charge in [0.1, 0.15) is 0 Å². The molecule has 4 nitrogen and oxygen atoms in total. The number of hydrogen-bond donors (Lipinski definition) is 2.